The molecule has 0 fully saturated rings. The predicted octanol–water partition coefficient (Wildman–Crippen LogP) is 3.54. The van der Waals surface area contributed by atoms with Crippen molar-refractivity contribution in [1.29, 1.82) is 0 Å². The van der Waals surface area contributed by atoms with E-state index in [4.69, 9.17) is 9.47 Å². The van der Waals surface area contributed by atoms with Gasteiger partial charge in [-0.15, -0.1) is 0 Å². The fourth-order valence-corrected chi connectivity index (χ4v) is 2.56. The summed E-state index contributed by atoms with van der Waals surface area (Å²) in [6, 6.07) is 10.8. The van der Waals surface area contributed by atoms with Crippen LogP contribution in [0.5, 0.6) is 0 Å². The van der Waals surface area contributed by atoms with Crippen molar-refractivity contribution in [3.05, 3.63) is 58.7 Å². The molecule has 0 N–H and O–H groups in total. The van der Waals surface area contributed by atoms with Crippen LogP contribution < -0.4 is 0 Å². The summed E-state index contributed by atoms with van der Waals surface area (Å²) in [5, 5.41) is 0. The third-order valence-electron chi connectivity index (χ3n) is 3.61. The molecule has 0 aliphatic rings. The summed E-state index contributed by atoms with van der Waals surface area (Å²) in [7, 11) is 2.68. The zero-order valence-corrected chi connectivity index (χ0v) is 13.1. The molecule has 0 amide bonds. The van der Waals surface area contributed by atoms with Crippen molar-refractivity contribution in [1.82, 2.24) is 0 Å². The topological polar surface area (TPSA) is 52.6 Å². The summed E-state index contributed by atoms with van der Waals surface area (Å²) in [6.45, 7) is 3.80. The average Bonchev–Trinajstić information content (AvgIpc) is 2.53. The van der Waals surface area contributed by atoms with Gasteiger partial charge in [-0.2, -0.15) is 0 Å². The van der Waals surface area contributed by atoms with Crippen molar-refractivity contribution < 1.29 is 19.1 Å². The fourth-order valence-electron chi connectivity index (χ4n) is 2.56. The van der Waals surface area contributed by atoms with E-state index in [9.17, 15) is 9.59 Å². The number of rotatable bonds is 3. The molecule has 4 heteroatoms. The van der Waals surface area contributed by atoms with E-state index >= 15 is 0 Å². The number of benzene rings is 2. The number of esters is 2. The van der Waals surface area contributed by atoms with Gasteiger partial charge in [-0.25, -0.2) is 9.59 Å². The van der Waals surface area contributed by atoms with Gasteiger partial charge in [0.25, 0.3) is 0 Å². The Balaban J connectivity index is 2.83. The Hall–Kier alpha value is -2.62. The van der Waals surface area contributed by atoms with Gasteiger partial charge in [0.05, 0.1) is 25.3 Å². The molecule has 2 aromatic rings. The molecule has 0 aliphatic heterocycles. The quantitative estimate of drug-likeness (QED) is 0.813. The molecule has 0 aliphatic carbocycles. The molecule has 0 atom stereocenters. The van der Waals surface area contributed by atoms with Gasteiger partial charge in [0.2, 0.25) is 0 Å². The molecular formula is C18H18O4. The Labute approximate surface area is 129 Å². The summed E-state index contributed by atoms with van der Waals surface area (Å²) >= 11 is 0. The summed E-state index contributed by atoms with van der Waals surface area (Å²) < 4.78 is 9.73. The first-order valence-corrected chi connectivity index (χ1v) is 6.87. The van der Waals surface area contributed by atoms with E-state index in [1.807, 2.05) is 26.0 Å². The first-order chi connectivity index (χ1) is 10.5. The SMILES string of the molecule is COC(=O)c1cccc(C)c1-c1c(C)cccc1C(=O)OC. The zero-order valence-electron chi connectivity index (χ0n) is 13.1. The molecule has 114 valence electrons. The van der Waals surface area contributed by atoms with E-state index in [1.165, 1.54) is 14.2 Å². The van der Waals surface area contributed by atoms with Gasteiger partial charge in [0.1, 0.15) is 0 Å². The van der Waals surface area contributed by atoms with E-state index in [1.54, 1.807) is 24.3 Å². The number of carbonyl (C=O) groups excluding carboxylic acids is 2. The molecule has 22 heavy (non-hydrogen) atoms. The van der Waals surface area contributed by atoms with Crippen molar-refractivity contribution in [2.75, 3.05) is 14.2 Å². The highest BCUT2D eigenvalue weighted by Crippen LogP contribution is 2.34. The van der Waals surface area contributed by atoms with Crippen LogP contribution in [-0.4, -0.2) is 26.2 Å². The first-order valence-electron chi connectivity index (χ1n) is 6.87. The summed E-state index contributed by atoms with van der Waals surface area (Å²) in [5.74, 6) is -0.865. The molecule has 0 unspecified atom stereocenters. The number of aryl methyl sites for hydroxylation is 2. The average molecular weight is 298 g/mol. The maximum absolute atomic E-state index is 12.1. The Kier molecular flexibility index (Phi) is 4.61. The highest BCUT2D eigenvalue weighted by atomic mass is 16.5. The van der Waals surface area contributed by atoms with Crippen LogP contribution in [0.15, 0.2) is 36.4 Å². The van der Waals surface area contributed by atoms with Gasteiger partial charge >= 0.3 is 11.9 Å². The minimum Gasteiger partial charge on any atom is -0.465 e. The molecule has 0 aromatic heterocycles. The van der Waals surface area contributed by atoms with Crippen molar-refractivity contribution in [2.45, 2.75) is 13.8 Å². The molecule has 0 saturated heterocycles. The van der Waals surface area contributed by atoms with Crippen molar-refractivity contribution in [2.24, 2.45) is 0 Å². The van der Waals surface area contributed by atoms with Crippen LogP contribution in [0, 0.1) is 13.8 Å². The van der Waals surface area contributed by atoms with Gasteiger partial charge in [-0.3, -0.25) is 0 Å². The Morgan fingerprint density at radius 3 is 1.41 bits per heavy atom. The predicted molar refractivity (Wildman–Crippen MR) is 84.0 cm³/mol. The number of hydrogen-bond donors (Lipinski definition) is 0. The summed E-state index contributed by atoms with van der Waals surface area (Å²) in [6.07, 6.45) is 0. The fraction of sp³-hybridized carbons (Fsp3) is 0.222. The van der Waals surface area contributed by atoms with Crippen LogP contribution in [0.4, 0.5) is 0 Å². The van der Waals surface area contributed by atoms with Gasteiger partial charge in [-0.1, -0.05) is 24.3 Å². The van der Waals surface area contributed by atoms with Crippen LogP contribution in [0.2, 0.25) is 0 Å². The summed E-state index contributed by atoms with van der Waals surface area (Å²) in [5.41, 5.74) is 4.05. The van der Waals surface area contributed by atoms with E-state index in [-0.39, 0.29) is 0 Å². The molecule has 0 bridgehead atoms. The van der Waals surface area contributed by atoms with E-state index in [2.05, 4.69) is 0 Å². The Morgan fingerprint density at radius 2 is 1.09 bits per heavy atom. The number of ether oxygens (including phenoxy) is 2. The first kappa shape index (κ1) is 15.8. The molecule has 0 saturated carbocycles. The van der Waals surface area contributed by atoms with Crippen LogP contribution >= 0.6 is 0 Å². The number of carbonyl (C=O) groups is 2. The number of methoxy groups -OCH3 is 2. The van der Waals surface area contributed by atoms with Crippen molar-refractivity contribution in [3.63, 3.8) is 0 Å². The maximum atomic E-state index is 12.1. The maximum Gasteiger partial charge on any atom is 0.338 e. The lowest BCUT2D eigenvalue weighted by atomic mass is 9.88. The minimum atomic E-state index is -0.433. The third-order valence-corrected chi connectivity index (χ3v) is 3.61. The molecular weight excluding hydrogens is 280 g/mol. The van der Waals surface area contributed by atoms with Crippen LogP contribution in [-0.2, 0) is 9.47 Å². The van der Waals surface area contributed by atoms with Gasteiger partial charge in [0.15, 0.2) is 0 Å². The van der Waals surface area contributed by atoms with Crippen LogP contribution in [0.25, 0.3) is 11.1 Å². The highest BCUT2D eigenvalue weighted by Gasteiger charge is 2.22. The summed E-state index contributed by atoms with van der Waals surface area (Å²) in [4.78, 5) is 24.2. The molecule has 4 nitrogen and oxygen atoms in total. The Morgan fingerprint density at radius 1 is 0.727 bits per heavy atom. The second-order valence-corrected chi connectivity index (χ2v) is 4.98. The molecule has 0 radical (unpaired) electrons. The molecule has 2 aromatic carbocycles. The van der Waals surface area contributed by atoms with Crippen LogP contribution in [0.1, 0.15) is 31.8 Å². The second-order valence-electron chi connectivity index (χ2n) is 4.98. The Bertz CT molecular complexity index is 668. The molecule has 0 heterocycles. The molecule has 2 rings (SSSR count). The monoisotopic (exact) mass is 298 g/mol. The zero-order chi connectivity index (χ0) is 16.3. The normalized spacial score (nSPS) is 10.2. The van der Waals surface area contributed by atoms with Crippen LogP contribution in [0.3, 0.4) is 0 Å². The van der Waals surface area contributed by atoms with E-state index < -0.39 is 11.9 Å². The third kappa shape index (κ3) is 2.72. The lowest BCUT2D eigenvalue weighted by Gasteiger charge is -2.16. The lowest BCUT2D eigenvalue weighted by molar-refractivity contribution is 0.0590. The minimum absolute atomic E-state index is 0.432. The van der Waals surface area contributed by atoms with Crippen molar-refractivity contribution >= 4 is 11.9 Å². The van der Waals surface area contributed by atoms with E-state index in [0.717, 1.165) is 11.1 Å². The number of hydrogen-bond acceptors (Lipinski definition) is 4. The standard InChI is InChI=1S/C18H18O4/c1-11-7-5-9-13(17(19)21-3)15(11)16-12(2)8-6-10-14(16)18(20)22-4/h5-10H,1-4H3. The second kappa shape index (κ2) is 6.43. The van der Waals surface area contributed by atoms with E-state index in [0.29, 0.717) is 22.3 Å². The lowest BCUT2D eigenvalue weighted by Crippen LogP contribution is -2.09. The van der Waals surface area contributed by atoms with Gasteiger partial charge < -0.3 is 9.47 Å². The molecule has 0 spiro atoms. The highest BCUT2D eigenvalue weighted by molar-refractivity contribution is 6.04. The van der Waals surface area contributed by atoms with Gasteiger partial charge in [-0.05, 0) is 37.1 Å². The largest absolute Gasteiger partial charge is 0.465 e. The van der Waals surface area contributed by atoms with Gasteiger partial charge in [0, 0.05) is 11.1 Å². The smallest absolute Gasteiger partial charge is 0.338 e. The van der Waals surface area contributed by atoms with Crippen molar-refractivity contribution in [3.8, 4) is 11.1 Å².